The predicted molar refractivity (Wildman–Crippen MR) is 57.1 cm³/mol. The summed E-state index contributed by atoms with van der Waals surface area (Å²) in [4.78, 5) is 11.6. The van der Waals surface area contributed by atoms with Crippen LogP contribution in [0.2, 0.25) is 0 Å². The van der Waals surface area contributed by atoms with Crippen LogP contribution in [0.4, 0.5) is 0 Å². The molecule has 0 aliphatic heterocycles. The van der Waals surface area contributed by atoms with Crippen molar-refractivity contribution in [1.29, 1.82) is 0 Å². The third-order valence-electron chi connectivity index (χ3n) is 2.63. The van der Waals surface area contributed by atoms with E-state index in [1.165, 1.54) is 0 Å². The zero-order valence-electron chi connectivity index (χ0n) is 8.38. The molecule has 3 nitrogen and oxygen atoms in total. The molecule has 0 saturated heterocycles. The summed E-state index contributed by atoms with van der Waals surface area (Å²) in [7, 11) is 0. The Kier molecular flexibility index (Phi) is 2.47. The lowest BCUT2D eigenvalue weighted by molar-refractivity contribution is -0.121. The van der Waals surface area contributed by atoms with Crippen molar-refractivity contribution < 1.29 is 4.79 Å². The monoisotopic (exact) mass is 256 g/mol. The average Bonchev–Trinajstić information content (AvgIpc) is 2.93. The Labute approximate surface area is 91.6 Å². The molecule has 14 heavy (non-hydrogen) atoms. The summed E-state index contributed by atoms with van der Waals surface area (Å²) in [6, 6.07) is 0. The summed E-state index contributed by atoms with van der Waals surface area (Å²) < 4.78 is 2.81. The Bertz CT molecular complexity index is 380. The van der Waals surface area contributed by atoms with Gasteiger partial charge in [-0.2, -0.15) is 5.10 Å². The molecule has 0 atom stereocenters. The molecule has 0 unspecified atom stereocenters. The van der Waals surface area contributed by atoms with Gasteiger partial charge in [0.2, 0.25) is 0 Å². The first-order valence-corrected chi connectivity index (χ1v) is 5.61. The summed E-state index contributed by atoms with van der Waals surface area (Å²) in [5, 5.41) is 4.31. The summed E-state index contributed by atoms with van der Waals surface area (Å²) in [6.07, 6.45) is 2.14. The molecule has 0 bridgehead atoms. The number of rotatable bonds is 3. The molecule has 1 saturated carbocycles. The standard InChI is InChI=1S/C10H13BrN2O/c1-6-10(11)7(2)13(12-6)5-9(14)8-3-4-8/h8H,3-5H2,1-2H3. The Morgan fingerprint density at radius 2 is 2.21 bits per heavy atom. The number of carbonyl (C=O) groups excluding carboxylic acids is 1. The first-order chi connectivity index (χ1) is 6.59. The van der Waals surface area contributed by atoms with E-state index in [0.717, 1.165) is 28.7 Å². The van der Waals surface area contributed by atoms with Gasteiger partial charge in [0.15, 0.2) is 5.78 Å². The van der Waals surface area contributed by atoms with E-state index in [2.05, 4.69) is 21.0 Å². The average molecular weight is 257 g/mol. The number of halogens is 1. The lowest BCUT2D eigenvalue weighted by Gasteiger charge is -2.01. The smallest absolute Gasteiger partial charge is 0.157 e. The lowest BCUT2D eigenvalue weighted by atomic mass is 10.2. The van der Waals surface area contributed by atoms with Gasteiger partial charge < -0.3 is 0 Å². The van der Waals surface area contributed by atoms with Crippen LogP contribution in [0.15, 0.2) is 4.47 Å². The van der Waals surface area contributed by atoms with E-state index in [1.54, 1.807) is 4.68 Å². The largest absolute Gasteiger partial charge is 0.297 e. The van der Waals surface area contributed by atoms with Gasteiger partial charge >= 0.3 is 0 Å². The molecule has 76 valence electrons. The van der Waals surface area contributed by atoms with Crippen LogP contribution in [0.3, 0.4) is 0 Å². The highest BCUT2D eigenvalue weighted by molar-refractivity contribution is 9.10. The molecule has 1 aliphatic carbocycles. The van der Waals surface area contributed by atoms with Gasteiger partial charge in [-0.05, 0) is 42.6 Å². The van der Waals surface area contributed by atoms with Crippen LogP contribution in [0, 0.1) is 19.8 Å². The van der Waals surface area contributed by atoms with Crippen molar-refractivity contribution in [3.05, 3.63) is 15.9 Å². The molecule has 1 aliphatic rings. The molecule has 1 aromatic heterocycles. The van der Waals surface area contributed by atoms with E-state index < -0.39 is 0 Å². The van der Waals surface area contributed by atoms with Crippen molar-refractivity contribution in [2.45, 2.75) is 33.2 Å². The van der Waals surface area contributed by atoms with Gasteiger partial charge in [0.1, 0.15) is 6.54 Å². The van der Waals surface area contributed by atoms with E-state index in [0.29, 0.717) is 18.2 Å². The maximum Gasteiger partial charge on any atom is 0.157 e. The topological polar surface area (TPSA) is 34.9 Å². The first kappa shape index (κ1) is 9.90. The molecule has 1 aromatic rings. The minimum Gasteiger partial charge on any atom is -0.297 e. The highest BCUT2D eigenvalue weighted by atomic mass is 79.9. The maximum absolute atomic E-state index is 11.6. The molecule has 0 aromatic carbocycles. The van der Waals surface area contributed by atoms with Crippen molar-refractivity contribution in [3.8, 4) is 0 Å². The van der Waals surface area contributed by atoms with Gasteiger partial charge in [-0.3, -0.25) is 9.48 Å². The van der Waals surface area contributed by atoms with Gasteiger partial charge in [-0.25, -0.2) is 0 Å². The van der Waals surface area contributed by atoms with Gasteiger partial charge in [0, 0.05) is 5.92 Å². The quantitative estimate of drug-likeness (QED) is 0.832. The first-order valence-electron chi connectivity index (χ1n) is 4.82. The second-order valence-electron chi connectivity index (χ2n) is 3.88. The summed E-state index contributed by atoms with van der Waals surface area (Å²) in [5.41, 5.74) is 1.99. The van der Waals surface area contributed by atoms with Crippen LogP contribution >= 0.6 is 15.9 Å². The van der Waals surface area contributed by atoms with E-state index in [-0.39, 0.29) is 0 Å². The third-order valence-corrected chi connectivity index (χ3v) is 3.78. The van der Waals surface area contributed by atoms with Gasteiger partial charge in [-0.15, -0.1) is 0 Å². The Morgan fingerprint density at radius 1 is 1.57 bits per heavy atom. The zero-order chi connectivity index (χ0) is 10.3. The van der Waals surface area contributed by atoms with Crippen LogP contribution in [0.1, 0.15) is 24.2 Å². The number of hydrogen-bond acceptors (Lipinski definition) is 2. The fourth-order valence-electron chi connectivity index (χ4n) is 1.51. The van der Waals surface area contributed by atoms with E-state index in [1.807, 2.05) is 13.8 Å². The lowest BCUT2D eigenvalue weighted by Crippen LogP contribution is -2.14. The SMILES string of the molecule is Cc1nn(CC(=O)C2CC2)c(C)c1Br. The molecule has 0 radical (unpaired) electrons. The molecule has 2 rings (SSSR count). The van der Waals surface area contributed by atoms with Crippen molar-refractivity contribution in [2.24, 2.45) is 5.92 Å². The maximum atomic E-state index is 11.6. The summed E-state index contributed by atoms with van der Waals surface area (Å²) in [5.74, 6) is 0.640. The molecular weight excluding hydrogens is 244 g/mol. The minimum atomic E-state index is 0.317. The molecule has 1 heterocycles. The number of aromatic nitrogens is 2. The highest BCUT2D eigenvalue weighted by Crippen LogP contribution is 2.30. The van der Waals surface area contributed by atoms with Gasteiger partial charge in [-0.1, -0.05) is 0 Å². The minimum absolute atomic E-state index is 0.317. The second-order valence-corrected chi connectivity index (χ2v) is 4.68. The van der Waals surface area contributed by atoms with Crippen molar-refractivity contribution >= 4 is 21.7 Å². The van der Waals surface area contributed by atoms with Crippen LogP contribution in [0.5, 0.6) is 0 Å². The summed E-state index contributed by atoms with van der Waals surface area (Å²) in [6.45, 7) is 4.35. The molecule has 0 N–H and O–H groups in total. The fourth-order valence-corrected chi connectivity index (χ4v) is 1.80. The Balaban J connectivity index is 2.15. The predicted octanol–water partition coefficient (Wildman–Crippen LogP) is 2.24. The molecule has 0 amide bonds. The van der Waals surface area contributed by atoms with Crippen molar-refractivity contribution in [2.75, 3.05) is 0 Å². The highest BCUT2D eigenvalue weighted by Gasteiger charge is 2.29. The Morgan fingerprint density at radius 3 is 2.64 bits per heavy atom. The zero-order valence-corrected chi connectivity index (χ0v) is 9.97. The Hall–Kier alpha value is -0.640. The number of aryl methyl sites for hydroxylation is 1. The van der Waals surface area contributed by atoms with Crippen LogP contribution in [0.25, 0.3) is 0 Å². The van der Waals surface area contributed by atoms with Crippen LogP contribution in [-0.4, -0.2) is 15.6 Å². The van der Waals surface area contributed by atoms with Gasteiger partial charge in [0.05, 0.1) is 15.9 Å². The molecule has 1 fully saturated rings. The van der Waals surface area contributed by atoms with Crippen molar-refractivity contribution in [1.82, 2.24) is 9.78 Å². The van der Waals surface area contributed by atoms with E-state index >= 15 is 0 Å². The van der Waals surface area contributed by atoms with Crippen LogP contribution in [-0.2, 0) is 11.3 Å². The van der Waals surface area contributed by atoms with Crippen molar-refractivity contribution in [3.63, 3.8) is 0 Å². The molecular formula is C10H13BrN2O. The van der Waals surface area contributed by atoms with E-state index in [9.17, 15) is 4.79 Å². The number of nitrogens with zero attached hydrogens (tertiary/aromatic N) is 2. The molecule has 4 heteroatoms. The number of carbonyl (C=O) groups is 1. The number of hydrogen-bond donors (Lipinski definition) is 0. The van der Waals surface area contributed by atoms with Gasteiger partial charge in [0.25, 0.3) is 0 Å². The normalized spacial score (nSPS) is 15.9. The van der Waals surface area contributed by atoms with Crippen LogP contribution < -0.4 is 0 Å². The van der Waals surface area contributed by atoms with E-state index in [4.69, 9.17) is 0 Å². The third kappa shape index (κ3) is 1.75. The number of ketones is 1. The summed E-state index contributed by atoms with van der Waals surface area (Å²) >= 11 is 3.45. The number of Topliss-reactive ketones (excluding diaryl/α,β-unsaturated/α-hetero) is 1. The second kappa shape index (κ2) is 3.50. The fraction of sp³-hybridized carbons (Fsp3) is 0.600. The molecule has 0 spiro atoms.